The number of hydrogen-bond acceptors (Lipinski definition) is 3. The summed E-state index contributed by atoms with van der Waals surface area (Å²) in [5.74, 6) is 0. The maximum absolute atomic E-state index is 12.1. The molecule has 3 nitrogen and oxygen atoms in total. The highest BCUT2D eigenvalue weighted by atomic mass is 16.3. The highest BCUT2D eigenvalue weighted by molar-refractivity contribution is 5.37. The van der Waals surface area contributed by atoms with Crippen molar-refractivity contribution in [2.75, 3.05) is 13.1 Å². The Morgan fingerprint density at radius 3 is 0.919 bits per heavy atom. The Kier molecular flexibility index (Phi) is 8.29. The Labute approximate surface area is 222 Å². The van der Waals surface area contributed by atoms with Crippen molar-refractivity contribution in [1.82, 2.24) is 4.90 Å². The quantitative estimate of drug-likeness (QED) is 0.257. The van der Waals surface area contributed by atoms with Crippen LogP contribution in [0.25, 0.3) is 0 Å². The van der Waals surface area contributed by atoms with Crippen molar-refractivity contribution in [3.63, 3.8) is 0 Å². The molecule has 0 aliphatic carbocycles. The van der Waals surface area contributed by atoms with Crippen LogP contribution in [0.4, 0.5) is 0 Å². The Balaban J connectivity index is 1.61. The molecule has 0 amide bonds. The molecular weight excluding hydrogens is 454 g/mol. The molecule has 4 aromatic rings. The Hall–Kier alpha value is -3.24. The van der Waals surface area contributed by atoms with E-state index in [2.05, 4.69) is 25.7 Å². The summed E-state index contributed by atoms with van der Waals surface area (Å²) in [7, 11) is 0. The molecule has 4 aromatic carbocycles. The molecule has 0 aliphatic heterocycles. The molecule has 3 heteroatoms. The van der Waals surface area contributed by atoms with Gasteiger partial charge in [-0.2, -0.15) is 0 Å². The molecule has 4 rings (SSSR count). The highest BCUT2D eigenvalue weighted by Crippen LogP contribution is 2.36. The molecule has 0 saturated carbocycles. The van der Waals surface area contributed by atoms with Gasteiger partial charge in [0.15, 0.2) is 0 Å². The molecule has 0 heterocycles. The van der Waals surface area contributed by atoms with Crippen LogP contribution < -0.4 is 0 Å². The first-order valence-electron chi connectivity index (χ1n) is 13.2. The zero-order valence-electron chi connectivity index (χ0n) is 22.2. The first kappa shape index (κ1) is 26.8. The summed E-state index contributed by atoms with van der Waals surface area (Å²) in [6, 6.07) is 39.7. The highest BCUT2D eigenvalue weighted by Gasteiger charge is 2.36. The number of rotatable bonds is 10. The Bertz CT molecular complexity index is 1050. The van der Waals surface area contributed by atoms with E-state index in [1.807, 2.05) is 121 Å². The molecule has 0 atom stereocenters. The third-order valence-corrected chi connectivity index (χ3v) is 7.44. The van der Waals surface area contributed by atoms with E-state index in [1.54, 1.807) is 0 Å². The maximum Gasteiger partial charge on any atom is 0.116 e. The Morgan fingerprint density at radius 1 is 0.459 bits per heavy atom. The van der Waals surface area contributed by atoms with Crippen molar-refractivity contribution in [3.8, 4) is 0 Å². The lowest BCUT2D eigenvalue weighted by Crippen LogP contribution is -2.46. The zero-order valence-corrected chi connectivity index (χ0v) is 22.2. The summed E-state index contributed by atoms with van der Waals surface area (Å²) in [5, 5.41) is 24.2. The summed E-state index contributed by atoms with van der Waals surface area (Å²) < 4.78 is 0. The minimum absolute atomic E-state index is 0.150. The molecule has 0 fully saturated rings. The summed E-state index contributed by atoms with van der Waals surface area (Å²) in [6.07, 6.45) is 1.07. The van der Waals surface area contributed by atoms with Crippen LogP contribution in [0.5, 0.6) is 0 Å². The molecule has 0 aromatic heterocycles. The zero-order chi connectivity index (χ0) is 26.4. The van der Waals surface area contributed by atoms with Crippen LogP contribution in [-0.2, 0) is 11.2 Å². The average molecular weight is 494 g/mol. The van der Waals surface area contributed by atoms with Gasteiger partial charge in [0, 0.05) is 18.6 Å². The minimum Gasteiger partial charge on any atom is -0.380 e. The average Bonchev–Trinajstić information content (AvgIpc) is 2.94. The van der Waals surface area contributed by atoms with Gasteiger partial charge in [0.2, 0.25) is 0 Å². The first-order valence-corrected chi connectivity index (χ1v) is 13.2. The van der Waals surface area contributed by atoms with Crippen molar-refractivity contribution in [2.24, 2.45) is 0 Å². The summed E-state index contributed by atoms with van der Waals surface area (Å²) in [5.41, 5.74) is 1.19. The van der Waals surface area contributed by atoms with Gasteiger partial charge in [-0.15, -0.1) is 0 Å². The standard InChI is InChI=1S/C34H39NO2/c1-32(2,3)35(26-24-33(36,28-16-8-4-9-17-28)29-18-10-5-11-19-29)27-25-34(37,30-20-12-6-13-21-30)31-22-14-7-15-23-31/h4-23,36-37H,24-27H2,1-3H3. The molecule has 0 radical (unpaired) electrons. The van der Waals surface area contributed by atoms with Gasteiger partial charge in [0.1, 0.15) is 11.2 Å². The molecule has 37 heavy (non-hydrogen) atoms. The molecule has 0 bridgehead atoms. The largest absolute Gasteiger partial charge is 0.380 e. The summed E-state index contributed by atoms with van der Waals surface area (Å²) in [6.45, 7) is 7.93. The molecular formula is C34H39NO2. The Morgan fingerprint density at radius 2 is 0.703 bits per heavy atom. The van der Waals surface area contributed by atoms with Crippen LogP contribution in [0.3, 0.4) is 0 Å². The predicted molar refractivity (Wildman–Crippen MR) is 152 cm³/mol. The number of hydrogen-bond donors (Lipinski definition) is 2. The lowest BCUT2D eigenvalue weighted by molar-refractivity contribution is 0.0182. The van der Waals surface area contributed by atoms with E-state index in [0.717, 1.165) is 22.3 Å². The fourth-order valence-electron chi connectivity index (χ4n) is 5.14. The second kappa shape index (κ2) is 11.4. The molecule has 0 unspecified atom stereocenters. The molecule has 192 valence electrons. The monoisotopic (exact) mass is 493 g/mol. The van der Waals surface area contributed by atoms with Gasteiger partial charge >= 0.3 is 0 Å². The number of benzene rings is 4. The van der Waals surface area contributed by atoms with E-state index in [1.165, 1.54) is 0 Å². The van der Waals surface area contributed by atoms with Crippen LogP contribution in [0, 0.1) is 0 Å². The second-order valence-corrected chi connectivity index (χ2v) is 10.8. The topological polar surface area (TPSA) is 43.7 Å². The second-order valence-electron chi connectivity index (χ2n) is 10.8. The molecule has 0 aliphatic rings. The summed E-state index contributed by atoms with van der Waals surface area (Å²) >= 11 is 0. The van der Waals surface area contributed by atoms with Crippen molar-refractivity contribution in [1.29, 1.82) is 0 Å². The SMILES string of the molecule is CC(C)(C)N(CCC(O)(c1ccccc1)c1ccccc1)CCC(O)(c1ccccc1)c1ccccc1. The smallest absolute Gasteiger partial charge is 0.116 e. The van der Waals surface area contributed by atoms with Crippen LogP contribution in [-0.4, -0.2) is 33.7 Å². The van der Waals surface area contributed by atoms with Gasteiger partial charge in [-0.05, 0) is 55.9 Å². The van der Waals surface area contributed by atoms with Crippen molar-refractivity contribution in [3.05, 3.63) is 144 Å². The van der Waals surface area contributed by atoms with E-state index >= 15 is 0 Å². The van der Waals surface area contributed by atoms with Gasteiger partial charge in [-0.25, -0.2) is 0 Å². The van der Waals surface area contributed by atoms with E-state index in [0.29, 0.717) is 25.9 Å². The van der Waals surface area contributed by atoms with E-state index in [9.17, 15) is 10.2 Å². The fourth-order valence-corrected chi connectivity index (χ4v) is 5.14. The van der Waals surface area contributed by atoms with Gasteiger partial charge in [0.05, 0.1) is 0 Å². The predicted octanol–water partition coefficient (Wildman–Crippen LogP) is 6.74. The van der Waals surface area contributed by atoms with Crippen LogP contribution in [0.2, 0.25) is 0 Å². The third-order valence-electron chi connectivity index (χ3n) is 7.44. The lowest BCUT2D eigenvalue weighted by Gasteiger charge is -2.41. The normalized spacial score (nSPS) is 12.6. The first-order chi connectivity index (χ1) is 17.7. The maximum atomic E-state index is 12.1. The van der Waals surface area contributed by atoms with E-state index in [4.69, 9.17) is 0 Å². The van der Waals surface area contributed by atoms with E-state index in [-0.39, 0.29) is 5.54 Å². The third kappa shape index (κ3) is 6.19. The van der Waals surface area contributed by atoms with Crippen molar-refractivity contribution in [2.45, 2.75) is 50.4 Å². The van der Waals surface area contributed by atoms with Gasteiger partial charge in [-0.3, -0.25) is 4.90 Å². The van der Waals surface area contributed by atoms with Crippen LogP contribution in [0.15, 0.2) is 121 Å². The van der Waals surface area contributed by atoms with Gasteiger partial charge in [0.25, 0.3) is 0 Å². The van der Waals surface area contributed by atoms with E-state index < -0.39 is 11.2 Å². The molecule has 0 saturated heterocycles. The van der Waals surface area contributed by atoms with Gasteiger partial charge < -0.3 is 10.2 Å². The van der Waals surface area contributed by atoms with Crippen molar-refractivity contribution >= 4 is 0 Å². The lowest BCUT2D eigenvalue weighted by atomic mass is 9.82. The number of nitrogens with zero attached hydrogens (tertiary/aromatic N) is 1. The summed E-state index contributed by atoms with van der Waals surface area (Å²) in [4.78, 5) is 2.38. The van der Waals surface area contributed by atoms with Crippen LogP contribution >= 0.6 is 0 Å². The molecule has 0 spiro atoms. The molecule has 2 N–H and O–H groups in total. The van der Waals surface area contributed by atoms with Gasteiger partial charge in [-0.1, -0.05) is 121 Å². The number of aliphatic hydroxyl groups is 2. The fraction of sp³-hybridized carbons (Fsp3) is 0.294. The van der Waals surface area contributed by atoms with Crippen LogP contribution in [0.1, 0.15) is 55.9 Å². The van der Waals surface area contributed by atoms with Crippen molar-refractivity contribution < 1.29 is 10.2 Å². The minimum atomic E-state index is -1.11.